The van der Waals surface area contributed by atoms with Crippen LogP contribution in [-0.4, -0.2) is 32.8 Å². The number of non-ortho nitro benzene ring substituents is 1. The van der Waals surface area contributed by atoms with Crippen LogP contribution in [0.3, 0.4) is 0 Å². The van der Waals surface area contributed by atoms with E-state index in [1.807, 2.05) is 5.32 Å². The van der Waals surface area contributed by atoms with Crippen molar-refractivity contribution in [3.05, 3.63) is 96.0 Å². The third-order valence-corrected chi connectivity index (χ3v) is 5.61. The quantitative estimate of drug-likeness (QED) is 0.182. The summed E-state index contributed by atoms with van der Waals surface area (Å²) in [6.07, 6.45) is 1.02. The number of aromatic hydroxyl groups is 1. The number of ether oxygens (including phenoxy) is 1. The van der Waals surface area contributed by atoms with Crippen LogP contribution < -0.4 is 15.0 Å². The number of phenolic OH excluding ortho intramolecular Hbond substituents is 1. The molecule has 0 radical (unpaired) electrons. The molecule has 1 heterocycles. The molecule has 3 aromatic carbocycles. The molecule has 1 aliphatic heterocycles. The van der Waals surface area contributed by atoms with Gasteiger partial charge in [-0.3, -0.25) is 35.1 Å². The summed E-state index contributed by atoms with van der Waals surface area (Å²) in [5.41, 5.74) is -1.88. The number of nitro benzene ring substituents is 2. The van der Waals surface area contributed by atoms with E-state index in [1.54, 1.807) is 0 Å². The molecule has 0 atom stereocenters. The lowest BCUT2D eigenvalue weighted by molar-refractivity contribution is -0.394. The molecule has 38 heavy (non-hydrogen) atoms. The fraction of sp³-hybridized carbons (Fsp3) is 0. The fourth-order valence-corrected chi connectivity index (χ4v) is 3.95. The average molecular weight is 559 g/mol. The second-order valence-corrected chi connectivity index (χ2v) is 8.39. The zero-order valence-corrected chi connectivity index (χ0v) is 20.1. The van der Waals surface area contributed by atoms with Gasteiger partial charge in [0.05, 0.1) is 26.6 Å². The van der Waals surface area contributed by atoms with Gasteiger partial charge in [-0.2, -0.15) is 0 Å². The van der Waals surface area contributed by atoms with E-state index in [9.17, 15) is 39.7 Å². The van der Waals surface area contributed by atoms with Gasteiger partial charge in [0.25, 0.3) is 17.5 Å². The minimum atomic E-state index is -1.06. The summed E-state index contributed by atoms with van der Waals surface area (Å²) in [6.45, 7) is 0. The van der Waals surface area contributed by atoms with Crippen molar-refractivity contribution in [2.24, 2.45) is 0 Å². The molecule has 4 amide bonds. The Balaban J connectivity index is 1.81. The number of nitro groups is 2. The van der Waals surface area contributed by atoms with E-state index in [0.717, 1.165) is 18.2 Å². The van der Waals surface area contributed by atoms with Gasteiger partial charge >= 0.3 is 11.7 Å². The lowest BCUT2D eigenvalue weighted by Gasteiger charge is -2.26. The van der Waals surface area contributed by atoms with Gasteiger partial charge < -0.3 is 9.84 Å². The molecule has 1 saturated heterocycles. The smallest absolute Gasteiger partial charge is 0.335 e. The number of hydrogen-bond donors (Lipinski definition) is 2. The Morgan fingerprint density at radius 1 is 0.947 bits per heavy atom. The summed E-state index contributed by atoms with van der Waals surface area (Å²) < 4.78 is 5.63. The summed E-state index contributed by atoms with van der Waals surface area (Å²) in [4.78, 5) is 59.6. The maximum atomic E-state index is 13.2. The third kappa shape index (κ3) is 5.09. The highest BCUT2D eigenvalue weighted by Crippen LogP contribution is 2.41. The SMILES string of the molecule is O=C1NC(=O)N(c2ccc(O)cc2)C(=O)/C1=C/c1cc(Cl)cc(Cl)c1Oc1ccc([N+](=O)[O-])cc1[N+](=O)[O-]. The fourth-order valence-electron chi connectivity index (χ4n) is 3.40. The minimum absolute atomic E-state index is 0.0440. The molecular weight excluding hydrogens is 547 g/mol. The molecule has 1 aliphatic rings. The number of urea groups is 1. The number of nitrogens with one attached hydrogen (secondary N) is 1. The van der Waals surface area contributed by atoms with Crippen LogP contribution >= 0.6 is 23.2 Å². The summed E-state index contributed by atoms with van der Waals surface area (Å²) >= 11 is 12.4. The van der Waals surface area contributed by atoms with Crippen molar-refractivity contribution < 1.29 is 34.1 Å². The van der Waals surface area contributed by atoms with Gasteiger partial charge in [0.2, 0.25) is 5.75 Å². The minimum Gasteiger partial charge on any atom is -0.508 e. The Kier molecular flexibility index (Phi) is 6.97. The Labute approximate surface area is 221 Å². The van der Waals surface area contributed by atoms with E-state index in [0.29, 0.717) is 11.0 Å². The van der Waals surface area contributed by atoms with Crippen molar-refractivity contribution in [1.29, 1.82) is 0 Å². The number of phenols is 1. The summed E-state index contributed by atoms with van der Waals surface area (Å²) in [5, 5.41) is 33.9. The first-order chi connectivity index (χ1) is 18.0. The van der Waals surface area contributed by atoms with Gasteiger partial charge in [0, 0.05) is 16.7 Å². The van der Waals surface area contributed by atoms with Crippen LogP contribution in [0.15, 0.2) is 60.2 Å². The predicted molar refractivity (Wildman–Crippen MR) is 133 cm³/mol. The van der Waals surface area contributed by atoms with Crippen molar-refractivity contribution >= 4 is 64.2 Å². The first kappa shape index (κ1) is 26.1. The standard InChI is InChI=1S/C23H12Cl2N4O9/c24-12-7-11(8-16-21(31)26-23(33)27(22(16)32)13-1-4-15(30)5-2-13)20(17(25)9-12)38-19-6-3-14(28(34)35)10-18(19)29(36)37/h1-10,30H,(H,26,31,33)/b16-8+. The van der Waals surface area contributed by atoms with Crippen LogP contribution in [0.25, 0.3) is 6.08 Å². The summed E-state index contributed by atoms with van der Waals surface area (Å²) in [5.74, 6) is -2.91. The van der Waals surface area contributed by atoms with Gasteiger partial charge in [0.1, 0.15) is 11.3 Å². The predicted octanol–water partition coefficient (Wildman–Crippen LogP) is 4.97. The monoisotopic (exact) mass is 558 g/mol. The lowest BCUT2D eigenvalue weighted by atomic mass is 10.1. The molecule has 0 aromatic heterocycles. The van der Waals surface area contributed by atoms with Crippen molar-refractivity contribution in [3.8, 4) is 17.2 Å². The lowest BCUT2D eigenvalue weighted by Crippen LogP contribution is -2.54. The molecule has 13 nitrogen and oxygen atoms in total. The molecule has 15 heteroatoms. The summed E-state index contributed by atoms with van der Waals surface area (Å²) in [7, 11) is 0. The molecule has 0 unspecified atom stereocenters. The van der Waals surface area contributed by atoms with Gasteiger partial charge in [-0.15, -0.1) is 0 Å². The number of barbiturate groups is 1. The van der Waals surface area contributed by atoms with Crippen molar-refractivity contribution in [2.45, 2.75) is 0 Å². The zero-order chi connectivity index (χ0) is 27.7. The van der Waals surface area contributed by atoms with E-state index in [1.165, 1.54) is 36.4 Å². The van der Waals surface area contributed by atoms with E-state index in [4.69, 9.17) is 27.9 Å². The van der Waals surface area contributed by atoms with Crippen molar-refractivity contribution in [3.63, 3.8) is 0 Å². The second kappa shape index (κ2) is 10.2. The number of carbonyl (C=O) groups excluding carboxylic acids is 3. The molecule has 192 valence electrons. The Hall–Kier alpha value is -5.01. The number of rotatable bonds is 6. The Bertz CT molecular complexity index is 1570. The molecule has 2 N–H and O–H groups in total. The average Bonchev–Trinajstić information content (AvgIpc) is 2.84. The molecule has 0 spiro atoms. The number of nitrogens with zero attached hydrogens (tertiary/aromatic N) is 3. The van der Waals surface area contributed by atoms with E-state index in [-0.39, 0.29) is 32.8 Å². The highest BCUT2D eigenvalue weighted by atomic mass is 35.5. The topological polar surface area (TPSA) is 182 Å². The largest absolute Gasteiger partial charge is 0.508 e. The van der Waals surface area contributed by atoms with E-state index in [2.05, 4.69) is 0 Å². The second-order valence-electron chi connectivity index (χ2n) is 7.55. The number of halogens is 2. The van der Waals surface area contributed by atoms with Gasteiger partial charge in [-0.25, -0.2) is 9.69 Å². The highest BCUT2D eigenvalue weighted by molar-refractivity contribution is 6.40. The van der Waals surface area contributed by atoms with Crippen molar-refractivity contribution in [2.75, 3.05) is 4.90 Å². The number of anilines is 1. The number of benzene rings is 3. The molecule has 3 aromatic rings. The van der Waals surface area contributed by atoms with Crippen LogP contribution in [0.2, 0.25) is 10.0 Å². The first-order valence-electron chi connectivity index (χ1n) is 10.3. The molecular formula is C23H12Cl2N4O9. The summed E-state index contributed by atoms with van der Waals surface area (Å²) in [6, 6.07) is 9.11. The molecule has 4 rings (SSSR count). The number of imide groups is 2. The molecule has 0 saturated carbocycles. The van der Waals surface area contributed by atoms with Crippen molar-refractivity contribution in [1.82, 2.24) is 5.32 Å². The maximum absolute atomic E-state index is 13.2. The normalized spacial score (nSPS) is 14.4. The molecule has 1 fully saturated rings. The number of carbonyl (C=O) groups is 3. The first-order valence-corrected chi connectivity index (χ1v) is 11.0. The van der Waals surface area contributed by atoms with Gasteiger partial charge in [0.15, 0.2) is 5.75 Å². The van der Waals surface area contributed by atoms with Crippen LogP contribution in [0.4, 0.5) is 21.9 Å². The third-order valence-electron chi connectivity index (χ3n) is 5.11. The molecule has 0 aliphatic carbocycles. The van der Waals surface area contributed by atoms with Crippen LogP contribution in [-0.2, 0) is 9.59 Å². The zero-order valence-electron chi connectivity index (χ0n) is 18.6. The van der Waals surface area contributed by atoms with E-state index >= 15 is 0 Å². The highest BCUT2D eigenvalue weighted by Gasteiger charge is 2.37. The Morgan fingerprint density at radius 2 is 1.63 bits per heavy atom. The van der Waals surface area contributed by atoms with Gasteiger partial charge in [-0.1, -0.05) is 23.2 Å². The number of hydrogen-bond acceptors (Lipinski definition) is 9. The number of amides is 4. The maximum Gasteiger partial charge on any atom is 0.335 e. The van der Waals surface area contributed by atoms with E-state index < -0.39 is 50.4 Å². The Morgan fingerprint density at radius 3 is 2.26 bits per heavy atom. The van der Waals surface area contributed by atoms with Crippen LogP contribution in [0.1, 0.15) is 5.56 Å². The van der Waals surface area contributed by atoms with Crippen LogP contribution in [0.5, 0.6) is 17.2 Å². The van der Waals surface area contributed by atoms with Gasteiger partial charge in [-0.05, 0) is 48.5 Å². The van der Waals surface area contributed by atoms with Crippen LogP contribution in [0, 0.1) is 20.2 Å². The molecule has 0 bridgehead atoms.